The number of hydrogen-bond acceptors (Lipinski definition) is 6. The van der Waals surface area contributed by atoms with Crippen LogP contribution in [-0.4, -0.2) is 53.0 Å². The summed E-state index contributed by atoms with van der Waals surface area (Å²) in [6.45, 7) is 5.99. The molecule has 0 fully saturated rings. The van der Waals surface area contributed by atoms with Gasteiger partial charge in [-0.15, -0.1) is 0 Å². The number of para-hydroxylation sites is 1. The van der Waals surface area contributed by atoms with Crippen LogP contribution in [0.15, 0.2) is 29.6 Å². The molecule has 1 amide bonds. The summed E-state index contributed by atoms with van der Waals surface area (Å²) in [5.74, 6) is -0.660. The highest BCUT2D eigenvalue weighted by molar-refractivity contribution is 6.09. The van der Waals surface area contributed by atoms with E-state index in [-0.39, 0.29) is 28.9 Å². The second-order valence-electron chi connectivity index (χ2n) is 6.76. The predicted molar refractivity (Wildman–Crippen MR) is 95.2 cm³/mol. The van der Waals surface area contributed by atoms with Crippen LogP contribution in [0, 0.1) is 5.92 Å². The van der Waals surface area contributed by atoms with Gasteiger partial charge in [-0.25, -0.2) is 0 Å². The number of hydrogen-bond donors (Lipinski definition) is 4. The number of amides is 1. The molecular weight excluding hydrogens is 322 g/mol. The Morgan fingerprint density at radius 3 is 2.44 bits per heavy atom. The van der Waals surface area contributed by atoms with E-state index < -0.39 is 11.9 Å². The maximum atomic E-state index is 12.1. The molecule has 2 rings (SSSR count). The fraction of sp³-hybridized carbons (Fsp3) is 0.444. The van der Waals surface area contributed by atoms with Gasteiger partial charge in [0.05, 0.1) is 16.9 Å². The van der Waals surface area contributed by atoms with Gasteiger partial charge in [-0.3, -0.25) is 9.59 Å². The lowest BCUT2D eigenvalue weighted by atomic mass is 9.93. The van der Waals surface area contributed by atoms with Crippen LogP contribution in [0.4, 0.5) is 5.69 Å². The number of aliphatic hydroxyl groups is 1. The van der Waals surface area contributed by atoms with Gasteiger partial charge in [0.25, 0.3) is 5.91 Å². The summed E-state index contributed by atoms with van der Waals surface area (Å²) < 4.78 is 0. The Morgan fingerprint density at radius 1 is 1.24 bits per heavy atom. The minimum atomic E-state index is -1.27. The SMILES string of the molecule is CC(C)[C@H](C)NC1=C(Nc2cccc(C(=O)N(C)C)c2O)C(O)C1=O. The number of anilines is 1. The van der Waals surface area contributed by atoms with Crippen molar-refractivity contribution in [2.45, 2.75) is 32.9 Å². The van der Waals surface area contributed by atoms with Gasteiger partial charge >= 0.3 is 0 Å². The molecular formula is C18H25N3O4. The first-order valence-electron chi connectivity index (χ1n) is 8.18. The average Bonchev–Trinajstić information content (AvgIpc) is 2.57. The van der Waals surface area contributed by atoms with Crippen molar-refractivity contribution in [3.63, 3.8) is 0 Å². The minimum Gasteiger partial charge on any atom is -0.505 e. The Bertz CT molecular complexity index is 725. The number of aliphatic hydroxyl groups excluding tert-OH is 1. The summed E-state index contributed by atoms with van der Waals surface area (Å²) in [7, 11) is 3.18. The standard InChI is InChI=1S/C18H25N3O4/c1-9(2)10(3)19-13-14(17(24)16(13)23)20-12-8-6-7-11(15(12)22)18(25)21(4)5/h6-10,17,19-20,22,24H,1-5H3/t10-,17?/m0/s1. The molecule has 0 saturated carbocycles. The molecule has 1 aromatic carbocycles. The molecule has 7 nitrogen and oxygen atoms in total. The molecule has 0 aliphatic heterocycles. The van der Waals surface area contributed by atoms with Crippen molar-refractivity contribution in [2.24, 2.45) is 5.92 Å². The fourth-order valence-electron chi connectivity index (χ4n) is 2.34. The van der Waals surface area contributed by atoms with Gasteiger partial charge in [-0.05, 0) is 25.0 Å². The highest BCUT2D eigenvalue weighted by atomic mass is 16.3. The van der Waals surface area contributed by atoms with Gasteiger partial charge in [0, 0.05) is 20.1 Å². The van der Waals surface area contributed by atoms with E-state index in [4.69, 9.17) is 0 Å². The Morgan fingerprint density at radius 2 is 1.88 bits per heavy atom. The first-order chi connectivity index (χ1) is 11.6. The summed E-state index contributed by atoms with van der Waals surface area (Å²) in [6, 6.07) is 4.75. The highest BCUT2D eigenvalue weighted by Gasteiger charge is 2.39. The van der Waals surface area contributed by atoms with Gasteiger partial charge in [-0.2, -0.15) is 0 Å². The normalized spacial score (nSPS) is 18.0. The number of carbonyl (C=O) groups excluding carboxylic acids is 2. The largest absolute Gasteiger partial charge is 0.505 e. The van der Waals surface area contributed by atoms with Gasteiger partial charge in [0.2, 0.25) is 5.78 Å². The molecule has 2 atom stereocenters. The molecule has 0 bridgehead atoms. The van der Waals surface area contributed by atoms with Crippen molar-refractivity contribution in [2.75, 3.05) is 19.4 Å². The number of ketones is 1. The van der Waals surface area contributed by atoms with Gasteiger partial charge in [0.1, 0.15) is 5.70 Å². The van der Waals surface area contributed by atoms with Crippen LogP contribution in [-0.2, 0) is 4.79 Å². The summed E-state index contributed by atoms with van der Waals surface area (Å²) in [5, 5.41) is 26.3. The number of aromatic hydroxyl groups is 1. The predicted octanol–water partition coefficient (Wildman–Crippen LogP) is 1.30. The van der Waals surface area contributed by atoms with Crippen molar-refractivity contribution in [3.05, 3.63) is 35.2 Å². The molecule has 0 spiro atoms. The maximum absolute atomic E-state index is 12.1. The van der Waals surface area contributed by atoms with E-state index in [1.54, 1.807) is 26.2 Å². The number of nitrogens with one attached hydrogen (secondary N) is 2. The van der Waals surface area contributed by atoms with E-state index in [0.717, 1.165) is 0 Å². The lowest BCUT2D eigenvalue weighted by molar-refractivity contribution is -0.125. The van der Waals surface area contributed by atoms with Crippen molar-refractivity contribution in [1.82, 2.24) is 10.2 Å². The van der Waals surface area contributed by atoms with Gasteiger partial charge < -0.3 is 25.7 Å². The molecule has 4 N–H and O–H groups in total. The third kappa shape index (κ3) is 3.61. The molecule has 25 heavy (non-hydrogen) atoms. The van der Waals surface area contributed by atoms with E-state index >= 15 is 0 Å². The first-order valence-corrected chi connectivity index (χ1v) is 8.18. The second-order valence-corrected chi connectivity index (χ2v) is 6.76. The monoisotopic (exact) mass is 347 g/mol. The molecule has 0 heterocycles. The number of rotatable bonds is 6. The smallest absolute Gasteiger partial charge is 0.257 e. The second kappa shape index (κ2) is 7.14. The quantitative estimate of drug-likeness (QED) is 0.579. The molecule has 136 valence electrons. The number of phenols is 1. The molecule has 7 heteroatoms. The van der Waals surface area contributed by atoms with Crippen molar-refractivity contribution in [1.29, 1.82) is 0 Å². The topological polar surface area (TPSA) is 102 Å². The molecule has 0 radical (unpaired) electrons. The summed E-state index contributed by atoms with van der Waals surface area (Å²) >= 11 is 0. The molecule has 1 aliphatic carbocycles. The summed E-state index contributed by atoms with van der Waals surface area (Å²) in [5.41, 5.74) is 0.992. The van der Waals surface area contributed by atoms with Crippen molar-refractivity contribution in [3.8, 4) is 5.75 Å². The lowest BCUT2D eigenvalue weighted by Gasteiger charge is -2.32. The zero-order chi connectivity index (χ0) is 18.9. The minimum absolute atomic E-state index is 0.0403. The van der Waals surface area contributed by atoms with E-state index in [0.29, 0.717) is 17.3 Å². The third-order valence-corrected chi connectivity index (χ3v) is 4.35. The van der Waals surface area contributed by atoms with E-state index in [9.17, 15) is 19.8 Å². The number of benzene rings is 1. The Kier molecular flexibility index (Phi) is 5.37. The molecule has 0 saturated heterocycles. The zero-order valence-corrected chi connectivity index (χ0v) is 15.1. The van der Waals surface area contributed by atoms with Gasteiger partial charge in [-0.1, -0.05) is 19.9 Å². The highest BCUT2D eigenvalue weighted by Crippen LogP contribution is 2.33. The average molecular weight is 347 g/mol. The summed E-state index contributed by atoms with van der Waals surface area (Å²) in [4.78, 5) is 25.4. The van der Waals surface area contributed by atoms with Crippen molar-refractivity contribution < 1.29 is 19.8 Å². The van der Waals surface area contributed by atoms with Crippen LogP contribution in [0.5, 0.6) is 5.75 Å². The summed E-state index contributed by atoms with van der Waals surface area (Å²) in [6.07, 6.45) is -1.27. The van der Waals surface area contributed by atoms with Gasteiger partial charge in [0.15, 0.2) is 11.9 Å². The number of Topliss-reactive ketones (excluding diaryl/α,β-unsaturated/α-hetero) is 1. The zero-order valence-electron chi connectivity index (χ0n) is 15.1. The Labute approximate surface area is 147 Å². The van der Waals surface area contributed by atoms with Crippen LogP contribution in [0.1, 0.15) is 31.1 Å². The molecule has 1 unspecified atom stereocenters. The van der Waals surface area contributed by atoms with E-state index in [1.807, 2.05) is 20.8 Å². The van der Waals surface area contributed by atoms with Crippen LogP contribution in [0.25, 0.3) is 0 Å². The van der Waals surface area contributed by atoms with Crippen LogP contribution >= 0.6 is 0 Å². The number of carbonyl (C=O) groups is 2. The van der Waals surface area contributed by atoms with E-state index in [1.165, 1.54) is 11.0 Å². The third-order valence-electron chi connectivity index (χ3n) is 4.35. The molecule has 0 aromatic heterocycles. The number of nitrogens with zero attached hydrogens (tertiary/aromatic N) is 1. The molecule has 1 aliphatic rings. The van der Waals surface area contributed by atoms with Crippen molar-refractivity contribution >= 4 is 17.4 Å². The molecule has 1 aromatic rings. The Balaban J connectivity index is 2.32. The van der Waals surface area contributed by atoms with Crippen LogP contribution in [0.2, 0.25) is 0 Å². The van der Waals surface area contributed by atoms with E-state index in [2.05, 4.69) is 10.6 Å². The van der Waals surface area contributed by atoms with Crippen LogP contribution < -0.4 is 10.6 Å². The number of phenolic OH excluding ortho intramolecular Hbond substituents is 1. The first kappa shape index (κ1) is 18.8. The Hall–Kier alpha value is -2.54. The van der Waals surface area contributed by atoms with Crippen LogP contribution in [0.3, 0.4) is 0 Å². The fourth-order valence-corrected chi connectivity index (χ4v) is 2.34. The maximum Gasteiger partial charge on any atom is 0.257 e. The lowest BCUT2D eigenvalue weighted by Crippen LogP contribution is -2.48.